The standard InChI is InChI=1S/C12H14F2N2OS/c1-7(12(15)18)16(2)10(17)6-8-4-3-5-9(13)11(8)14/h3-5,7H,6H2,1-2H3,(H2,15,18). The van der Waals surface area contributed by atoms with Gasteiger partial charge in [0.25, 0.3) is 0 Å². The minimum Gasteiger partial charge on any atom is -0.392 e. The van der Waals surface area contributed by atoms with Crippen molar-refractivity contribution >= 4 is 23.1 Å². The largest absolute Gasteiger partial charge is 0.392 e. The molecule has 6 heteroatoms. The SMILES string of the molecule is CC(C(N)=S)N(C)C(=O)Cc1cccc(F)c1F. The number of rotatable bonds is 4. The molecule has 0 bridgehead atoms. The lowest BCUT2D eigenvalue weighted by molar-refractivity contribution is -0.129. The van der Waals surface area contributed by atoms with Gasteiger partial charge in [0.2, 0.25) is 5.91 Å². The number of hydrogen-bond donors (Lipinski definition) is 1. The second-order valence-corrected chi connectivity index (χ2v) is 4.44. The fourth-order valence-corrected chi connectivity index (χ4v) is 1.54. The van der Waals surface area contributed by atoms with E-state index in [9.17, 15) is 13.6 Å². The van der Waals surface area contributed by atoms with Crippen molar-refractivity contribution in [3.05, 3.63) is 35.4 Å². The zero-order valence-corrected chi connectivity index (χ0v) is 10.9. The molecule has 1 atom stereocenters. The molecule has 1 rings (SSSR count). The van der Waals surface area contributed by atoms with Gasteiger partial charge in [-0.3, -0.25) is 4.79 Å². The van der Waals surface area contributed by atoms with Gasteiger partial charge >= 0.3 is 0 Å². The number of hydrogen-bond acceptors (Lipinski definition) is 2. The number of amides is 1. The Kier molecular flexibility index (Phi) is 4.72. The van der Waals surface area contributed by atoms with Gasteiger partial charge in [0.1, 0.15) is 0 Å². The molecule has 3 nitrogen and oxygen atoms in total. The zero-order chi connectivity index (χ0) is 13.9. The summed E-state index contributed by atoms with van der Waals surface area (Å²) in [4.78, 5) is 13.3. The maximum Gasteiger partial charge on any atom is 0.227 e. The third-order valence-corrected chi connectivity index (χ3v) is 3.10. The second-order valence-electron chi connectivity index (χ2n) is 3.97. The number of thiocarbonyl (C=S) groups is 1. The van der Waals surface area contributed by atoms with E-state index in [1.165, 1.54) is 24.1 Å². The van der Waals surface area contributed by atoms with Gasteiger partial charge in [-0.25, -0.2) is 8.78 Å². The molecule has 0 aromatic heterocycles. The molecular weight excluding hydrogens is 258 g/mol. The molecule has 1 amide bonds. The summed E-state index contributed by atoms with van der Waals surface area (Å²) >= 11 is 4.77. The maximum atomic E-state index is 13.4. The molecule has 1 unspecified atom stereocenters. The molecule has 0 spiro atoms. The maximum absolute atomic E-state index is 13.4. The predicted molar refractivity (Wildman–Crippen MR) is 69.1 cm³/mol. The highest BCUT2D eigenvalue weighted by atomic mass is 32.1. The van der Waals surface area contributed by atoms with Crippen molar-refractivity contribution in [2.75, 3.05) is 7.05 Å². The van der Waals surface area contributed by atoms with E-state index in [1.807, 2.05) is 0 Å². The molecule has 0 saturated heterocycles. The van der Waals surface area contributed by atoms with Crippen LogP contribution in [0.2, 0.25) is 0 Å². The van der Waals surface area contributed by atoms with Crippen LogP contribution < -0.4 is 5.73 Å². The van der Waals surface area contributed by atoms with Crippen LogP contribution in [0.3, 0.4) is 0 Å². The van der Waals surface area contributed by atoms with E-state index < -0.39 is 17.7 Å². The topological polar surface area (TPSA) is 46.3 Å². The summed E-state index contributed by atoms with van der Waals surface area (Å²) in [5, 5.41) is 0. The Morgan fingerprint density at radius 2 is 2.11 bits per heavy atom. The summed E-state index contributed by atoms with van der Waals surface area (Å²) in [5.74, 6) is -2.34. The highest BCUT2D eigenvalue weighted by Gasteiger charge is 2.19. The van der Waals surface area contributed by atoms with Gasteiger partial charge in [0, 0.05) is 12.6 Å². The van der Waals surface area contributed by atoms with Gasteiger partial charge in [-0.2, -0.15) is 0 Å². The minimum atomic E-state index is -0.998. The van der Waals surface area contributed by atoms with E-state index in [1.54, 1.807) is 6.92 Å². The third-order valence-electron chi connectivity index (χ3n) is 2.76. The van der Waals surface area contributed by atoms with Crippen molar-refractivity contribution in [3.8, 4) is 0 Å². The molecule has 0 radical (unpaired) electrons. The fourth-order valence-electron chi connectivity index (χ4n) is 1.38. The lowest BCUT2D eigenvalue weighted by Gasteiger charge is -2.24. The van der Waals surface area contributed by atoms with Gasteiger partial charge in [-0.1, -0.05) is 24.4 Å². The first-order chi connectivity index (χ1) is 8.34. The average molecular weight is 272 g/mol. The van der Waals surface area contributed by atoms with Crippen molar-refractivity contribution in [2.45, 2.75) is 19.4 Å². The van der Waals surface area contributed by atoms with Gasteiger partial charge in [0.05, 0.1) is 17.5 Å². The van der Waals surface area contributed by atoms with Crippen LogP contribution in [0.1, 0.15) is 12.5 Å². The number of likely N-dealkylation sites (N-methyl/N-ethyl adjacent to an activating group) is 1. The Morgan fingerprint density at radius 1 is 1.50 bits per heavy atom. The summed E-state index contributed by atoms with van der Waals surface area (Å²) in [6.07, 6.45) is -0.229. The highest BCUT2D eigenvalue weighted by molar-refractivity contribution is 7.80. The van der Waals surface area contributed by atoms with E-state index in [2.05, 4.69) is 0 Å². The Balaban J connectivity index is 2.82. The number of carbonyl (C=O) groups is 1. The first-order valence-electron chi connectivity index (χ1n) is 5.32. The number of nitrogens with zero attached hydrogens (tertiary/aromatic N) is 1. The van der Waals surface area contributed by atoms with Crippen molar-refractivity contribution < 1.29 is 13.6 Å². The van der Waals surface area contributed by atoms with Crippen LogP contribution in [0, 0.1) is 11.6 Å². The average Bonchev–Trinajstić information content (AvgIpc) is 2.32. The van der Waals surface area contributed by atoms with E-state index in [-0.39, 0.29) is 22.9 Å². The molecule has 0 saturated carbocycles. The molecule has 1 aromatic rings. The first kappa shape index (κ1) is 14.5. The number of benzene rings is 1. The van der Waals surface area contributed by atoms with Crippen molar-refractivity contribution in [3.63, 3.8) is 0 Å². The van der Waals surface area contributed by atoms with Crippen LogP contribution >= 0.6 is 12.2 Å². The summed E-state index contributed by atoms with van der Waals surface area (Å²) in [7, 11) is 1.52. The van der Waals surface area contributed by atoms with E-state index >= 15 is 0 Å². The molecule has 0 fully saturated rings. The molecule has 0 aliphatic carbocycles. The summed E-state index contributed by atoms with van der Waals surface area (Å²) < 4.78 is 26.4. The van der Waals surface area contributed by atoms with Crippen molar-refractivity contribution in [1.29, 1.82) is 0 Å². The Labute approximate surface area is 110 Å². The smallest absolute Gasteiger partial charge is 0.227 e. The summed E-state index contributed by atoms with van der Waals surface area (Å²) in [6, 6.07) is 3.31. The van der Waals surface area contributed by atoms with Crippen LogP contribution in [-0.4, -0.2) is 28.9 Å². The Morgan fingerprint density at radius 3 is 2.67 bits per heavy atom. The highest BCUT2D eigenvalue weighted by Crippen LogP contribution is 2.13. The lowest BCUT2D eigenvalue weighted by Crippen LogP contribution is -2.43. The van der Waals surface area contributed by atoms with Gasteiger partial charge in [-0.15, -0.1) is 0 Å². The lowest BCUT2D eigenvalue weighted by atomic mass is 10.1. The van der Waals surface area contributed by atoms with Crippen molar-refractivity contribution in [2.24, 2.45) is 5.73 Å². The minimum absolute atomic E-state index is 0.0157. The molecule has 0 aliphatic heterocycles. The monoisotopic (exact) mass is 272 g/mol. The second kappa shape index (κ2) is 5.86. The number of carbonyl (C=O) groups excluding carboxylic acids is 1. The number of nitrogens with two attached hydrogens (primary N) is 1. The van der Waals surface area contributed by atoms with E-state index in [4.69, 9.17) is 18.0 Å². The zero-order valence-electron chi connectivity index (χ0n) is 10.1. The van der Waals surface area contributed by atoms with Crippen LogP contribution in [0.4, 0.5) is 8.78 Å². The van der Waals surface area contributed by atoms with Crippen LogP contribution in [0.15, 0.2) is 18.2 Å². The fraction of sp³-hybridized carbons (Fsp3) is 0.333. The molecule has 98 valence electrons. The molecule has 0 heterocycles. The first-order valence-corrected chi connectivity index (χ1v) is 5.73. The molecule has 2 N–H and O–H groups in total. The quantitative estimate of drug-likeness (QED) is 0.848. The van der Waals surface area contributed by atoms with Gasteiger partial charge in [0.15, 0.2) is 11.6 Å². The Hall–Kier alpha value is -1.56. The predicted octanol–water partition coefficient (Wildman–Crippen LogP) is 1.64. The van der Waals surface area contributed by atoms with Crippen molar-refractivity contribution in [1.82, 2.24) is 4.90 Å². The summed E-state index contributed by atoms with van der Waals surface area (Å²) in [5.41, 5.74) is 5.44. The molecule has 1 aromatic carbocycles. The molecule has 0 aliphatic rings. The van der Waals surface area contributed by atoms with Crippen LogP contribution in [0.25, 0.3) is 0 Å². The van der Waals surface area contributed by atoms with E-state index in [0.717, 1.165) is 6.07 Å². The van der Waals surface area contributed by atoms with E-state index in [0.29, 0.717) is 0 Å². The normalized spacial score (nSPS) is 12.0. The van der Waals surface area contributed by atoms with Gasteiger partial charge in [-0.05, 0) is 13.0 Å². The van der Waals surface area contributed by atoms with Gasteiger partial charge < -0.3 is 10.6 Å². The number of halogens is 2. The third kappa shape index (κ3) is 3.22. The molecule has 18 heavy (non-hydrogen) atoms. The Bertz CT molecular complexity index is 479. The van der Waals surface area contributed by atoms with Crippen LogP contribution in [-0.2, 0) is 11.2 Å². The van der Waals surface area contributed by atoms with Crippen LogP contribution in [0.5, 0.6) is 0 Å². The molecular formula is C12H14F2N2OS. The summed E-state index contributed by atoms with van der Waals surface area (Å²) in [6.45, 7) is 1.67.